The van der Waals surface area contributed by atoms with E-state index in [1.165, 1.54) is 6.08 Å². The summed E-state index contributed by atoms with van der Waals surface area (Å²) in [5, 5.41) is 0. The molecule has 70 valence electrons. The van der Waals surface area contributed by atoms with Gasteiger partial charge >= 0.3 is 0 Å². The highest BCUT2D eigenvalue weighted by Gasteiger charge is 2.22. The van der Waals surface area contributed by atoms with Crippen molar-refractivity contribution < 1.29 is 4.79 Å². The Morgan fingerprint density at radius 3 is 2.50 bits per heavy atom. The van der Waals surface area contributed by atoms with Crippen molar-refractivity contribution in [3.63, 3.8) is 0 Å². The molecule has 0 aromatic rings. The molecule has 0 aliphatic carbocycles. The Labute approximate surface area is 75.3 Å². The molecule has 0 aromatic carbocycles. The van der Waals surface area contributed by atoms with Gasteiger partial charge in [-0.05, 0) is 25.8 Å². The number of rotatable bonds is 1. The van der Waals surface area contributed by atoms with Gasteiger partial charge in [0, 0.05) is 12.6 Å². The van der Waals surface area contributed by atoms with Gasteiger partial charge in [0.2, 0.25) is 5.91 Å². The zero-order chi connectivity index (χ0) is 9.56. The van der Waals surface area contributed by atoms with Crippen molar-refractivity contribution in [3.05, 3.63) is 12.7 Å². The monoisotopic (exact) mass is 169 g/mol. The highest BCUT2D eigenvalue weighted by atomic mass is 16.2. The Bertz CT molecular complexity index is 154. The Hall–Kier alpha value is -0.790. The van der Waals surface area contributed by atoms with Crippen LogP contribution in [0.2, 0.25) is 0 Å². The molecule has 1 fully saturated rings. The molecule has 2 heteroatoms. The lowest BCUT2D eigenvalue weighted by Gasteiger charge is -2.18. The molecular weight excluding hydrogens is 150 g/mol. The minimum absolute atomic E-state index is 0.0741. The summed E-state index contributed by atoms with van der Waals surface area (Å²) in [6, 6.07) is 0.422. The quantitative estimate of drug-likeness (QED) is 0.551. The predicted octanol–water partition coefficient (Wildman–Crippen LogP) is 2.21. The van der Waals surface area contributed by atoms with Crippen LogP contribution in [0.5, 0.6) is 0 Å². The van der Waals surface area contributed by atoms with Crippen molar-refractivity contribution >= 4 is 5.91 Å². The van der Waals surface area contributed by atoms with Gasteiger partial charge in [-0.25, -0.2) is 0 Å². The molecule has 0 bridgehead atoms. The van der Waals surface area contributed by atoms with E-state index in [1.807, 2.05) is 18.7 Å². The van der Waals surface area contributed by atoms with E-state index in [2.05, 4.69) is 13.5 Å². The molecule has 1 atom stereocenters. The molecule has 0 radical (unpaired) electrons. The molecule has 12 heavy (non-hydrogen) atoms. The highest BCUT2D eigenvalue weighted by molar-refractivity contribution is 5.87. The molecule has 1 aliphatic heterocycles. The average Bonchev–Trinajstić information content (AvgIpc) is 2.54. The summed E-state index contributed by atoms with van der Waals surface area (Å²) in [5.74, 6) is 0.0741. The number of nitrogens with zero attached hydrogens (tertiary/aromatic N) is 1. The largest absolute Gasteiger partial charge is 0.336 e. The third kappa shape index (κ3) is 2.68. The summed E-state index contributed by atoms with van der Waals surface area (Å²) in [5.41, 5.74) is 0. The molecule has 1 heterocycles. The minimum atomic E-state index is 0.0741. The van der Waals surface area contributed by atoms with Gasteiger partial charge in [0.05, 0.1) is 0 Å². The van der Waals surface area contributed by atoms with Crippen LogP contribution in [-0.4, -0.2) is 23.4 Å². The summed E-state index contributed by atoms with van der Waals surface area (Å²) < 4.78 is 0. The molecule has 1 aliphatic rings. The summed E-state index contributed by atoms with van der Waals surface area (Å²) in [4.78, 5) is 12.9. The first-order chi connectivity index (χ1) is 5.75. The van der Waals surface area contributed by atoms with Crippen molar-refractivity contribution in [2.24, 2.45) is 0 Å². The molecule has 1 rings (SSSR count). The lowest BCUT2D eigenvalue weighted by atomic mass is 10.2. The fourth-order valence-corrected chi connectivity index (χ4v) is 1.38. The van der Waals surface area contributed by atoms with Crippen LogP contribution < -0.4 is 0 Å². The van der Waals surface area contributed by atoms with Crippen LogP contribution in [0.15, 0.2) is 12.7 Å². The molecule has 1 saturated heterocycles. The zero-order valence-corrected chi connectivity index (χ0v) is 8.34. The SMILES string of the molecule is C=CC(=O)N1CCCC1C.CC. The maximum absolute atomic E-state index is 11.0. The smallest absolute Gasteiger partial charge is 0.246 e. The van der Waals surface area contributed by atoms with Crippen LogP contribution in [0.3, 0.4) is 0 Å². The van der Waals surface area contributed by atoms with Gasteiger partial charge in [0.1, 0.15) is 0 Å². The van der Waals surface area contributed by atoms with Crippen molar-refractivity contribution in [1.29, 1.82) is 0 Å². The second-order valence-electron chi connectivity index (χ2n) is 2.73. The van der Waals surface area contributed by atoms with E-state index < -0.39 is 0 Å². The van der Waals surface area contributed by atoms with Gasteiger partial charge in [-0.15, -0.1) is 0 Å². The van der Waals surface area contributed by atoms with Crippen LogP contribution in [0.1, 0.15) is 33.6 Å². The van der Waals surface area contributed by atoms with Crippen LogP contribution in [0, 0.1) is 0 Å². The van der Waals surface area contributed by atoms with Crippen molar-refractivity contribution in [2.75, 3.05) is 6.54 Å². The summed E-state index contributed by atoms with van der Waals surface area (Å²) in [7, 11) is 0. The first-order valence-electron chi connectivity index (χ1n) is 4.68. The van der Waals surface area contributed by atoms with Gasteiger partial charge in [0.15, 0.2) is 0 Å². The first kappa shape index (κ1) is 11.2. The topological polar surface area (TPSA) is 20.3 Å². The Balaban J connectivity index is 0.000000561. The highest BCUT2D eigenvalue weighted by Crippen LogP contribution is 2.15. The number of carbonyl (C=O) groups is 1. The van der Waals surface area contributed by atoms with E-state index in [0.717, 1.165) is 19.4 Å². The first-order valence-corrected chi connectivity index (χ1v) is 4.68. The average molecular weight is 169 g/mol. The van der Waals surface area contributed by atoms with E-state index in [0.29, 0.717) is 6.04 Å². The molecule has 0 aromatic heterocycles. The fraction of sp³-hybridized carbons (Fsp3) is 0.700. The molecule has 1 unspecified atom stereocenters. The number of amides is 1. The lowest BCUT2D eigenvalue weighted by Crippen LogP contribution is -2.31. The maximum Gasteiger partial charge on any atom is 0.246 e. The van der Waals surface area contributed by atoms with Crippen LogP contribution in [0.25, 0.3) is 0 Å². The fourth-order valence-electron chi connectivity index (χ4n) is 1.38. The lowest BCUT2D eigenvalue weighted by molar-refractivity contribution is -0.126. The zero-order valence-electron chi connectivity index (χ0n) is 8.34. The molecule has 2 nitrogen and oxygen atoms in total. The molecular formula is C10H19NO. The van der Waals surface area contributed by atoms with Crippen molar-refractivity contribution in [1.82, 2.24) is 4.90 Å². The van der Waals surface area contributed by atoms with Crippen LogP contribution in [-0.2, 0) is 4.79 Å². The Morgan fingerprint density at radius 2 is 2.17 bits per heavy atom. The predicted molar refractivity (Wildman–Crippen MR) is 52.0 cm³/mol. The van der Waals surface area contributed by atoms with Crippen molar-refractivity contribution in [2.45, 2.75) is 39.7 Å². The van der Waals surface area contributed by atoms with Crippen molar-refractivity contribution in [3.8, 4) is 0 Å². The normalized spacial score (nSPS) is 21.2. The summed E-state index contributed by atoms with van der Waals surface area (Å²) in [6.07, 6.45) is 3.67. The van der Waals surface area contributed by atoms with Gasteiger partial charge in [-0.2, -0.15) is 0 Å². The Kier molecular flexibility index (Phi) is 5.43. The van der Waals surface area contributed by atoms with E-state index in [9.17, 15) is 4.79 Å². The molecule has 0 spiro atoms. The van der Waals surface area contributed by atoms with Gasteiger partial charge in [-0.3, -0.25) is 4.79 Å². The van der Waals surface area contributed by atoms with Gasteiger partial charge < -0.3 is 4.90 Å². The van der Waals surface area contributed by atoms with Gasteiger partial charge in [-0.1, -0.05) is 20.4 Å². The number of carbonyl (C=O) groups excluding carboxylic acids is 1. The van der Waals surface area contributed by atoms with Crippen LogP contribution in [0.4, 0.5) is 0 Å². The van der Waals surface area contributed by atoms with Gasteiger partial charge in [0.25, 0.3) is 0 Å². The van der Waals surface area contributed by atoms with E-state index in [-0.39, 0.29) is 5.91 Å². The number of hydrogen-bond acceptors (Lipinski definition) is 1. The van der Waals surface area contributed by atoms with E-state index in [1.54, 1.807) is 0 Å². The van der Waals surface area contributed by atoms with E-state index >= 15 is 0 Å². The Morgan fingerprint density at radius 1 is 1.58 bits per heavy atom. The third-order valence-corrected chi connectivity index (χ3v) is 2.01. The summed E-state index contributed by atoms with van der Waals surface area (Å²) >= 11 is 0. The third-order valence-electron chi connectivity index (χ3n) is 2.01. The number of hydrogen-bond donors (Lipinski definition) is 0. The second kappa shape index (κ2) is 5.81. The molecule has 0 N–H and O–H groups in total. The second-order valence-corrected chi connectivity index (χ2v) is 2.73. The maximum atomic E-state index is 11.0. The molecule has 1 amide bonds. The standard InChI is InChI=1S/C8H13NO.C2H6/c1-3-8(10)9-6-4-5-7(9)2;1-2/h3,7H,1,4-6H2,2H3;1-2H3. The minimum Gasteiger partial charge on any atom is -0.336 e. The molecule has 0 saturated carbocycles. The summed E-state index contributed by atoms with van der Waals surface area (Å²) in [6.45, 7) is 10.4. The van der Waals surface area contributed by atoms with E-state index in [4.69, 9.17) is 0 Å². The van der Waals surface area contributed by atoms with Crippen LogP contribution >= 0.6 is 0 Å². The number of likely N-dealkylation sites (tertiary alicyclic amines) is 1.